The van der Waals surface area contributed by atoms with Gasteiger partial charge in [0.25, 0.3) is 5.91 Å². The summed E-state index contributed by atoms with van der Waals surface area (Å²) >= 11 is 1.42. The lowest BCUT2D eigenvalue weighted by Gasteiger charge is -2.16. The molecule has 1 aliphatic heterocycles. The number of ether oxygens (including phenoxy) is 1. The van der Waals surface area contributed by atoms with Crippen molar-refractivity contribution >= 4 is 50.8 Å². The zero-order chi connectivity index (χ0) is 25.2. The van der Waals surface area contributed by atoms with E-state index in [4.69, 9.17) is 4.74 Å². The molecule has 0 aliphatic carbocycles. The Morgan fingerprint density at radius 2 is 1.97 bits per heavy atom. The third kappa shape index (κ3) is 4.75. The molecule has 5 rings (SSSR count). The Bertz CT molecular complexity index is 1620. The van der Waals surface area contributed by atoms with Crippen molar-refractivity contribution in [3.8, 4) is 0 Å². The molecular weight excluding hydrogens is 480 g/mol. The van der Waals surface area contributed by atoms with Crippen LogP contribution in [0.3, 0.4) is 0 Å². The molecule has 3 aromatic heterocycles. The fourth-order valence-electron chi connectivity index (χ4n) is 4.07. The molecule has 36 heavy (non-hydrogen) atoms. The van der Waals surface area contributed by atoms with Crippen LogP contribution in [0.5, 0.6) is 0 Å². The highest BCUT2D eigenvalue weighted by Crippen LogP contribution is 2.28. The molecule has 4 aromatic rings. The maximum Gasteiger partial charge on any atom is 0.314 e. The second kappa shape index (κ2) is 9.96. The van der Waals surface area contributed by atoms with Gasteiger partial charge in [-0.25, -0.2) is 4.98 Å². The normalized spacial score (nSPS) is 13.5. The highest BCUT2D eigenvalue weighted by atomic mass is 32.1. The molecule has 10 nitrogen and oxygen atoms in total. The molecule has 186 valence electrons. The molecule has 0 fully saturated rings. The summed E-state index contributed by atoms with van der Waals surface area (Å²) in [6.07, 6.45) is 6.89. The number of nitrogens with zero attached hydrogens (tertiary/aromatic N) is 3. The lowest BCUT2D eigenvalue weighted by molar-refractivity contribution is 0.102. The molecule has 0 saturated heterocycles. The number of likely N-dealkylation sites (N-methyl/N-ethyl adjacent to an activating group) is 1. The van der Waals surface area contributed by atoms with Crippen molar-refractivity contribution in [2.24, 2.45) is 0 Å². The number of aromatic amines is 2. The molecular formula is C25H26N6O4S. The number of carbonyl (C=O) groups is 1. The van der Waals surface area contributed by atoms with Gasteiger partial charge in [0.05, 0.1) is 26.9 Å². The Hall–Kier alpha value is -3.96. The number of H-pyrrole nitrogens is 2. The van der Waals surface area contributed by atoms with Gasteiger partial charge in [0.1, 0.15) is 0 Å². The number of aromatic nitrogens is 4. The first-order valence-electron chi connectivity index (χ1n) is 11.7. The molecule has 0 atom stereocenters. The summed E-state index contributed by atoms with van der Waals surface area (Å²) in [4.78, 5) is 50.3. The van der Waals surface area contributed by atoms with Gasteiger partial charge in [0.15, 0.2) is 0 Å². The van der Waals surface area contributed by atoms with Crippen molar-refractivity contribution in [3.05, 3.63) is 73.1 Å². The van der Waals surface area contributed by atoms with Crippen molar-refractivity contribution in [2.45, 2.75) is 19.9 Å². The van der Waals surface area contributed by atoms with E-state index in [0.717, 1.165) is 22.5 Å². The van der Waals surface area contributed by atoms with Crippen LogP contribution >= 0.6 is 11.3 Å². The number of anilines is 1. The van der Waals surface area contributed by atoms with E-state index in [1.165, 1.54) is 11.3 Å². The highest BCUT2D eigenvalue weighted by Gasteiger charge is 2.18. The lowest BCUT2D eigenvalue weighted by Crippen LogP contribution is -2.28. The minimum atomic E-state index is -0.727. The molecule has 0 radical (unpaired) electrons. The van der Waals surface area contributed by atoms with Crippen LogP contribution in [0, 0.1) is 0 Å². The van der Waals surface area contributed by atoms with Gasteiger partial charge in [-0.2, -0.15) is 0 Å². The van der Waals surface area contributed by atoms with Crippen LogP contribution in [0.25, 0.3) is 27.6 Å². The van der Waals surface area contributed by atoms with Gasteiger partial charge >= 0.3 is 11.1 Å². The van der Waals surface area contributed by atoms with E-state index in [0.29, 0.717) is 53.6 Å². The van der Waals surface area contributed by atoms with E-state index in [-0.39, 0.29) is 5.91 Å². The Morgan fingerprint density at radius 1 is 1.19 bits per heavy atom. The monoisotopic (exact) mass is 506 g/mol. The maximum absolute atomic E-state index is 13.2. The molecule has 3 N–H and O–H groups in total. The van der Waals surface area contributed by atoms with Gasteiger partial charge in [0.2, 0.25) is 5.95 Å². The highest BCUT2D eigenvalue weighted by molar-refractivity contribution is 7.15. The Kier molecular flexibility index (Phi) is 6.57. The predicted molar refractivity (Wildman–Crippen MR) is 142 cm³/mol. The smallest absolute Gasteiger partial charge is 0.314 e. The molecule has 0 saturated carbocycles. The first-order chi connectivity index (χ1) is 17.4. The van der Waals surface area contributed by atoms with Crippen LogP contribution in [0.15, 0.2) is 52.2 Å². The largest absolute Gasteiger partial charge is 0.382 e. The summed E-state index contributed by atoms with van der Waals surface area (Å²) in [7, 11) is 2.01. The Labute approximate surface area is 209 Å². The minimum Gasteiger partial charge on any atom is -0.382 e. The van der Waals surface area contributed by atoms with E-state index >= 15 is 0 Å². The lowest BCUT2D eigenvalue weighted by atomic mass is 10.1. The van der Waals surface area contributed by atoms with Crippen molar-refractivity contribution in [3.63, 3.8) is 0 Å². The number of amides is 1. The Morgan fingerprint density at radius 3 is 2.69 bits per heavy atom. The number of rotatable bonds is 8. The number of fused-ring (bicyclic) bond motifs is 2. The number of hydrogen-bond donors (Lipinski definition) is 3. The molecule has 1 aliphatic rings. The summed E-state index contributed by atoms with van der Waals surface area (Å²) in [5.41, 5.74) is 1.91. The summed E-state index contributed by atoms with van der Waals surface area (Å²) in [6, 6.07) is 7.21. The average Bonchev–Trinajstić information content (AvgIpc) is 3.47. The van der Waals surface area contributed by atoms with Crippen LogP contribution < -0.4 is 16.4 Å². The van der Waals surface area contributed by atoms with E-state index < -0.39 is 11.1 Å². The van der Waals surface area contributed by atoms with Crippen molar-refractivity contribution in [1.29, 1.82) is 0 Å². The van der Waals surface area contributed by atoms with Gasteiger partial charge in [-0.1, -0.05) is 6.08 Å². The molecule has 1 amide bonds. The SMILES string of the molecule is CCOCCCn1c(NC(=O)c2ccc(C3=CCN(C)C=C3)s2)nc2cc3[nH]c(=O)c(=O)[nH]c3cc21. The summed E-state index contributed by atoms with van der Waals surface area (Å²) < 4.78 is 7.37. The van der Waals surface area contributed by atoms with E-state index in [2.05, 4.69) is 31.2 Å². The van der Waals surface area contributed by atoms with E-state index in [1.807, 2.05) is 42.9 Å². The number of hydrogen-bond acceptors (Lipinski definition) is 7. The van der Waals surface area contributed by atoms with Gasteiger partial charge < -0.3 is 24.2 Å². The van der Waals surface area contributed by atoms with Crippen LogP contribution in [0.1, 0.15) is 27.9 Å². The zero-order valence-electron chi connectivity index (χ0n) is 20.0. The van der Waals surface area contributed by atoms with Gasteiger partial charge in [-0.3, -0.25) is 19.7 Å². The molecule has 0 unspecified atom stereocenters. The number of aryl methyl sites for hydroxylation is 1. The first-order valence-corrected chi connectivity index (χ1v) is 12.5. The third-order valence-electron chi connectivity index (χ3n) is 5.91. The van der Waals surface area contributed by atoms with Crippen LogP contribution in [0.4, 0.5) is 5.95 Å². The minimum absolute atomic E-state index is 0.253. The molecule has 0 spiro atoms. The second-order valence-corrected chi connectivity index (χ2v) is 9.55. The summed E-state index contributed by atoms with van der Waals surface area (Å²) in [6.45, 7) is 4.49. The average molecular weight is 507 g/mol. The number of nitrogens with one attached hydrogen (secondary N) is 3. The Balaban J connectivity index is 1.47. The van der Waals surface area contributed by atoms with E-state index in [1.54, 1.807) is 12.1 Å². The van der Waals surface area contributed by atoms with Gasteiger partial charge in [-0.15, -0.1) is 11.3 Å². The molecule has 11 heteroatoms. The number of thiophene rings is 1. The first kappa shape index (κ1) is 23.8. The number of carbonyl (C=O) groups excluding carboxylic acids is 1. The number of allylic oxidation sites excluding steroid dienone is 2. The second-order valence-electron chi connectivity index (χ2n) is 8.47. The predicted octanol–water partition coefficient (Wildman–Crippen LogP) is 3.15. The van der Waals surface area contributed by atoms with Crippen molar-refractivity contribution < 1.29 is 9.53 Å². The van der Waals surface area contributed by atoms with E-state index in [9.17, 15) is 14.4 Å². The maximum atomic E-state index is 13.2. The third-order valence-corrected chi connectivity index (χ3v) is 7.05. The standard InChI is InChI=1S/C25H26N6O4S/c1-3-35-12-4-9-31-19-14-17-16(26-23(33)24(34)27-17)13-18(19)28-25(31)29-22(32)21-6-5-20(36-21)15-7-10-30(2)11-8-15/h5-8,10,13-14H,3-4,9,11-12H2,1-2H3,(H,26,33)(H,27,34)(H,28,29,32). The zero-order valence-corrected chi connectivity index (χ0v) is 20.8. The van der Waals surface area contributed by atoms with Crippen LogP contribution in [-0.2, 0) is 11.3 Å². The topological polar surface area (TPSA) is 125 Å². The molecule has 4 heterocycles. The summed E-state index contributed by atoms with van der Waals surface area (Å²) in [5, 5.41) is 2.95. The number of benzene rings is 1. The van der Waals surface area contributed by atoms with Gasteiger partial charge in [0, 0.05) is 38.2 Å². The fraction of sp³-hybridized carbons (Fsp3) is 0.280. The van der Waals surface area contributed by atoms with Gasteiger partial charge in [-0.05, 0) is 55.5 Å². The van der Waals surface area contributed by atoms with Crippen LogP contribution in [-0.4, -0.2) is 57.1 Å². The fourth-order valence-corrected chi connectivity index (χ4v) is 4.99. The quantitative estimate of drug-likeness (QED) is 0.249. The summed E-state index contributed by atoms with van der Waals surface area (Å²) in [5.74, 6) is 0.136. The van der Waals surface area contributed by atoms with Crippen molar-refractivity contribution in [2.75, 3.05) is 32.1 Å². The molecule has 1 aromatic carbocycles. The van der Waals surface area contributed by atoms with Crippen molar-refractivity contribution in [1.82, 2.24) is 24.4 Å². The van der Waals surface area contributed by atoms with Crippen LogP contribution in [0.2, 0.25) is 0 Å². The number of imidazole rings is 1. The molecule has 0 bridgehead atoms.